The van der Waals surface area contributed by atoms with Crippen molar-refractivity contribution in [2.75, 3.05) is 11.9 Å². The molecule has 0 amide bonds. The van der Waals surface area contributed by atoms with Crippen molar-refractivity contribution < 1.29 is 0 Å². The van der Waals surface area contributed by atoms with E-state index in [1.165, 1.54) is 32.1 Å². The number of hydrogen-bond donors (Lipinski definition) is 1. The number of nitrogens with zero attached hydrogens (tertiary/aromatic N) is 1. The van der Waals surface area contributed by atoms with Gasteiger partial charge in [0, 0.05) is 18.1 Å². The molecular formula is C11H16N2S. The molecule has 0 spiro atoms. The van der Waals surface area contributed by atoms with Crippen molar-refractivity contribution in [2.45, 2.75) is 32.1 Å². The van der Waals surface area contributed by atoms with Crippen LogP contribution in [-0.2, 0) is 0 Å². The minimum atomic E-state index is 0.658. The topological polar surface area (TPSA) is 24.9 Å². The van der Waals surface area contributed by atoms with Crippen LogP contribution in [0.4, 0.5) is 5.13 Å². The Labute approximate surface area is 88.7 Å². The lowest BCUT2D eigenvalue weighted by Crippen LogP contribution is -2.38. The molecular weight excluding hydrogens is 192 g/mol. The Kier molecular flexibility index (Phi) is 2.01. The molecule has 0 aliphatic heterocycles. The van der Waals surface area contributed by atoms with Crippen LogP contribution in [-0.4, -0.2) is 11.5 Å². The van der Waals surface area contributed by atoms with E-state index < -0.39 is 0 Å². The largest absolute Gasteiger partial charge is 0.361 e. The van der Waals surface area contributed by atoms with Crippen LogP contribution in [0.15, 0.2) is 11.6 Å². The van der Waals surface area contributed by atoms with Crippen molar-refractivity contribution in [1.82, 2.24) is 4.98 Å². The number of rotatable bonds is 4. The highest BCUT2D eigenvalue weighted by molar-refractivity contribution is 7.13. The average molecular weight is 208 g/mol. The second-order valence-corrected chi connectivity index (χ2v) is 5.58. The number of anilines is 1. The molecule has 0 atom stereocenters. The summed E-state index contributed by atoms with van der Waals surface area (Å²) in [5, 5.41) is 6.63. The third-order valence-corrected chi connectivity index (χ3v) is 4.55. The molecule has 1 aromatic rings. The Morgan fingerprint density at radius 1 is 1.50 bits per heavy atom. The molecule has 76 valence electrons. The third kappa shape index (κ3) is 1.44. The maximum absolute atomic E-state index is 4.26. The maximum atomic E-state index is 4.26. The molecule has 2 fully saturated rings. The first-order chi connectivity index (χ1) is 6.89. The van der Waals surface area contributed by atoms with Crippen molar-refractivity contribution in [2.24, 2.45) is 11.3 Å². The summed E-state index contributed by atoms with van der Waals surface area (Å²) in [7, 11) is 0. The minimum Gasteiger partial charge on any atom is -0.361 e. The average Bonchev–Trinajstić information content (AvgIpc) is 2.81. The van der Waals surface area contributed by atoms with E-state index in [-0.39, 0.29) is 0 Å². The molecule has 3 heteroatoms. The van der Waals surface area contributed by atoms with E-state index in [1.54, 1.807) is 11.3 Å². The van der Waals surface area contributed by atoms with Gasteiger partial charge in [0.1, 0.15) is 0 Å². The highest BCUT2D eigenvalue weighted by atomic mass is 32.1. The quantitative estimate of drug-likeness (QED) is 0.822. The van der Waals surface area contributed by atoms with Crippen molar-refractivity contribution in [1.29, 1.82) is 0 Å². The van der Waals surface area contributed by atoms with Crippen molar-refractivity contribution in [3.05, 3.63) is 11.6 Å². The summed E-state index contributed by atoms with van der Waals surface area (Å²) in [6.45, 7) is 1.16. The highest BCUT2D eigenvalue weighted by Crippen LogP contribution is 2.56. The monoisotopic (exact) mass is 208 g/mol. The van der Waals surface area contributed by atoms with Gasteiger partial charge in [0.15, 0.2) is 5.13 Å². The van der Waals surface area contributed by atoms with E-state index in [0.717, 1.165) is 17.6 Å². The lowest BCUT2D eigenvalue weighted by molar-refractivity contribution is 0.118. The molecule has 2 aliphatic carbocycles. The van der Waals surface area contributed by atoms with Gasteiger partial charge in [-0.25, -0.2) is 4.98 Å². The number of thiazole rings is 1. The standard InChI is InChI=1S/C11H16N2S/c1-4-11(5-1,9-2-3-9)8-13-10-12-6-7-14-10/h6-7,9H,1-5,8H2,(H,12,13). The molecule has 2 aliphatic rings. The summed E-state index contributed by atoms with van der Waals surface area (Å²) >= 11 is 1.71. The number of aromatic nitrogens is 1. The molecule has 1 aromatic heterocycles. The molecule has 2 nitrogen and oxygen atoms in total. The van der Waals surface area contributed by atoms with E-state index >= 15 is 0 Å². The normalized spacial score (nSPS) is 24.3. The van der Waals surface area contributed by atoms with Crippen LogP contribution in [0.1, 0.15) is 32.1 Å². The smallest absolute Gasteiger partial charge is 0.182 e. The lowest BCUT2D eigenvalue weighted by Gasteiger charge is -2.42. The van der Waals surface area contributed by atoms with Crippen molar-refractivity contribution >= 4 is 16.5 Å². The predicted molar refractivity (Wildman–Crippen MR) is 59.6 cm³/mol. The highest BCUT2D eigenvalue weighted by Gasteiger charge is 2.48. The Balaban J connectivity index is 1.60. The molecule has 1 N–H and O–H groups in total. The maximum Gasteiger partial charge on any atom is 0.182 e. The molecule has 0 saturated heterocycles. The van der Waals surface area contributed by atoms with Crippen LogP contribution in [0.2, 0.25) is 0 Å². The molecule has 0 unspecified atom stereocenters. The zero-order chi connectivity index (χ0) is 9.43. The molecule has 14 heavy (non-hydrogen) atoms. The van der Waals surface area contributed by atoms with Crippen LogP contribution >= 0.6 is 11.3 Å². The molecule has 2 saturated carbocycles. The molecule has 0 bridgehead atoms. The van der Waals surface area contributed by atoms with E-state index in [2.05, 4.69) is 10.3 Å². The zero-order valence-electron chi connectivity index (χ0n) is 8.33. The predicted octanol–water partition coefficient (Wildman–Crippen LogP) is 3.14. The van der Waals surface area contributed by atoms with Crippen LogP contribution in [0.3, 0.4) is 0 Å². The summed E-state index contributed by atoms with van der Waals surface area (Å²) in [4.78, 5) is 4.26. The summed E-state index contributed by atoms with van der Waals surface area (Å²) in [6.07, 6.45) is 9.14. The van der Waals surface area contributed by atoms with Crippen molar-refractivity contribution in [3.63, 3.8) is 0 Å². The fourth-order valence-electron chi connectivity index (χ4n) is 2.62. The lowest BCUT2D eigenvalue weighted by atomic mass is 9.65. The van der Waals surface area contributed by atoms with Gasteiger partial charge in [0.05, 0.1) is 0 Å². The minimum absolute atomic E-state index is 0.658. The van der Waals surface area contributed by atoms with E-state index in [1.807, 2.05) is 11.6 Å². The fourth-order valence-corrected chi connectivity index (χ4v) is 3.15. The van der Waals surface area contributed by atoms with Gasteiger partial charge in [-0.05, 0) is 37.0 Å². The van der Waals surface area contributed by atoms with Gasteiger partial charge >= 0.3 is 0 Å². The first-order valence-electron chi connectivity index (χ1n) is 5.52. The van der Waals surface area contributed by atoms with Crippen molar-refractivity contribution in [3.8, 4) is 0 Å². The number of nitrogens with one attached hydrogen (secondary N) is 1. The Bertz CT molecular complexity index is 299. The van der Waals surface area contributed by atoms with E-state index in [4.69, 9.17) is 0 Å². The second-order valence-electron chi connectivity index (χ2n) is 4.68. The summed E-state index contributed by atoms with van der Waals surface area (Å²) in [6, 6.07) is 0. The first kappa shape index (κ1) is 8.72. The van der Waals surface area contributed by atoms with Gasteiger partial charge in [-0.1, -0.05) is 6.42 Å². The van der Waals surface area contributed by atoms with E-state index in [9.17, 15) is 0 Å². The molecule has 1 heterocycles. The van der Waals surface area contributed by atoms with Crippen LogP contribution < -0.4 is 5.32 Å². The Morgan fingerprint density at radius 2 is 2.36 bits per heavy atom. The summed E-state index contributed by atoms with van der Waals surface area (Å²) in [5.41, 5.74) is 0.658. The van der Waals surface area contributed by atoms with Crippen LogP contribution in [0, 0.1) is 11.3 Å². The molecule has 3 rings (SSSR count). The van der Waals surface area contributed by atoms with Gasteiger partial charge in [0.2, 0.25) is 0 Å². The summed E-state index contributed by atoms with van der Waals surface area (Å²) in [5.74, 6) is 1.03. The third-order valence-electron chi connectivity index (χ3n) is 3.82. The van der Waals surface area contributed by atoms with Gasteiger partial charge in [-0.3, -0.25) is 0 Å². The SMILES string of the molecule is c1csc(NCC2(C3CC3)CCC2)n1. The van der Waals surface area contributed by atoms with Gasteiger partial charge < -0.3 is 5.32 Å². The summed E-state index contributed by atoms with van der Waals surface area (Å²) < 4.78 is 0. The Hall–Kier alpha value is -0.570. The van der Waals surface area contributed by atoms with Gasteiger partial charge in [-0.15, -0.1) is 11.3 Å². The molecule has 0 radical (unpaired) electrons. The van der Waals surface area contributed by atoms with Crippen LogP contribution in [0.5, 0.6) is 0 Å². The number of hydrogen-bond acceptors (Lipinski definition) is 3. The first-order valence-corrected chi connectivity index (χ1v) is 6.40. The van der Waals surface area contributed by atoms with Crippen LogP contribution in [0.25, 0.3) is 0 Å². The fraction of sp³-hybridized carbons (Fsp3) is 0.727. The zero-order valence-corrected chi connectivity index (χ0v) is 9.15. The van der Waals surface area contributed by atoms with Gasteiger partial charge in [-0.2, -0.15) is 0 Å². The van der Waals surface area contributed by atoms with Gasteiger partial charge in [0.25, 0.3) is 0 Å². The Morgan fingerprint density at radius 3 is 2.86 bits per heavy atom. The van der Waals surface area contributed by atoms with E-state index in [0.29, 0.717) is 5.41 Å². The second kappa shape index (κ2) is 3.23. The molecule has 0 aromatic carbocycles.